The molecule has 0 amide bonds. The van der Waals surface area contributed by atoms with E-state index in [9.17, 15) is 0 Å². The van der Waals surface area contributed by atoms with E-state index in [0.717, 1.165) is 17.1 Å². The van der Waals surface area contributed by atoms with Crippen molar-refractivity contribution in [3.63, 3.8) is 0 Å². The summed E-state index contributed by atoms with van der Waals surface area (Å²) in [5, 5.41) is 0.762. The number of hydrogen-bond acceptors (Lipinski definition) is 1. The lowest BCUT2D eigenvalue weighted by molar-refractivity contribution is 1.41. The van der Waals surface area contributed by atoms with Crippen LogP contribution in [0.3, 0.4) is 0 Å². The highest BCUT2D eigenvalue weighted by atomic mass is 35.5. The van der Waals surface area contributed by atoms with Crippen molar-refractivity contribution >= 4 is 23.5 Å². The van der Waals surface area contributed by atoms with Gasteiger partial charge in [0.2, 0.25) is 0 Å². The first-order valence-electron chi connectivity index (χ1n) is 3.17. The Morgan fingerprint density at radius 3 is 3.20 bits per heavy atom. The third-order valence-corrected chi connectivity index (χ3v) is 1.82. The van der Waals surface area contributed by atoms with E-state index in [1.54, 1.807) is 0 Å². The summed E-state index contributed by atoms with van der Waals surface area (Å²) in [6.45, 7) is 0. The van der Waals surface area contributed by atoms with Crippen LogP contribution in [0.2, 0.25) is 5.02 Å². The lowest BCUT2D eigenvalue weighted by Gasteiger charge is -1.94. The molecule has 0 bridgehead atoms. The zero-order valence-electron chi connectivity index (χ0n) is 5.34. The van der Waals surface area contributed by atoms with Crippen molar-refractivity contribution in [1.29, 1.82) is 0 Å². The minimum atomic E-state index is 0.762. The maximum absolute atomic E-state index is 5.75. The third kappa shape index (κ3) is 0.830. The van der Waals surface area contributed by atoms with Crippen molar-refractivity contribution in [1.82, 2.24) is 0 Å². The zero-order valence-corrected chi connectivity index (χ0v) is 6.10. The highest BCUT2D eigenvalue weighted by molar-refractivity contribution is 6.30. The highest BCUT2D eigenvalue weighted by Gasteiger charge is 2.04. The van der Waals surface area contributed by atoms with Crippen LogP contribution in [0.1, 0.15) is 5.56 Å². The van der Waals surface area contributed by atoms with E-state index < -0.39 is 0 Å². The Kier molecular flexibility index (Phi) is 1.24. The standard InChI is InChI=1S/C8H6ClN/c9-7-2-1-6-3-4-10-8(6)5-7/h1-2,4-5H,3H2. The number of hydrogen-bond donors (Lipinski definition) is 0. The second kappa shape index (κ2) is 2.10. The molecule has 2 heteroatoms. The Bertz CT molecular complexity index is 291. The van der Waals surface area contributed by atoms with Gasteiger partial charge < -0.3 is 0 Å². The number of fused-ring (bicyclic) bond motifs is 1. The number of benzene rings is 1. The highest BCUT2D eigenvalue weighted by Crippen LogP contribution is 2.26. The Morgan fingerprint density at radius 2 is 2.30 bits per heavy atom. The molecule has 1 aliphatic heterocycles. The molecule has 0 aromatic heterocycles. The molecule has 0 unspecified atom stereocenters. The lowest BCUT2D eigenvalue weighted by atomic mass is 10.2. The summed E-state index contributed by atoms with van der Waals surface area (Å²) in [7, 11) is 0. The van der Waals surface area contributed by atoms with Gasteiger partial charge in [-0.3, -0.25) is 4.99 Å². The Morgan fingerprint density at radius 1 is 1.40 bits per heavy atom. The predicted molar refractivity (Wildman–Crippen MR) is 43.3 cm³/mol. The Balaban J connectivity index is 2.60. The smallest absolute Gasteiger partial charge is 0.0676 e. The maximum atomic E-state index is 5.75. The topological polar surface area (TPSA) is 12.4 Å². The van der Waals surface area contributed by atoms with Gasteiger partial charge >= 0.3 is 0 Å². The Labute approximate surface area is 64.4 Å². The van der Waals surface area contributed by atoms with Crippen LogP contribution >= 0.6 is 11.6 Å². The molecule has 1 aliphatic rings. The molecular weight excluding hydrogens is 146 g/mol. The fourth-order valence-electron chi connectivity index (χ4n) is 1.07. The predicted octanol–water partition coefficient (Wildman–Crippen LogP) is 2.60. The average molecular weight is 152 g/mol. The molecule has 0 aliphatic carbocycles. The first-order valence-corrected chi connectivity index (χ1v) is 3.55. The Hall–Kier alpha value is -0.820. The molecule has 0 saturated heterocycles. The van der Waals surface area contributed by atoms with Gasteiger partial charge in [-0.05, 0) is 17.7 Å². The molecule has 1 nitrogen and oxygen atoms in total. The van der Waals surface area contributed by atoms with Gasteiger partial charge in [0, 0.05) is 17.7 Å². The normalized spacial score (nSPS) is 13.7. The van der Waals surface area contributed by atoms with Gasteiger partial charge in [-0.25, -0.2) is 0 Å². The van der Waals surface area contributed by atoms with E-state index in [-0.39, 0.29) is 0 Å². The summed E-state index contributed by atoms with van der Waals surface area (Å²) in [6, 6.07) is 5.81. The molecule has 0 N–H and O–H groups in total. The largest absolute Gasteiger partial charge is 0.261 e. The molecule has 2 rings (SSSR count). The van der Waals surface area contributed by atoms with Gasteiger partial charge in [0.15, 0.2) is 0 Å². The minimum Gasteiger partial charge on any atom is -0.261 e. The molecule has 1 aromatic carbocycles. The van der Waals surface area contributed by atoms with Crippen LogP contribution < -0.4 is 0 Å². The van der Waals surface area contributed by atoms with Gasteiger partial charge in [0.05, 0.1) is 5.69 Å². The van der Waals surface area contributed by atoms with E-state index in [1.807, 2.05) is 24.4 Å². The quantitative estimate of drug-likeness (QED) is 0.541. The summed E-state index contributed by atoms with van der Waals surface area (Å²) in [5.41, 5.74) is 2.29. The molecule has 0 spiro atoms. The van der Waals surface area contributed by atoms with Crippen molar-refractivity contribution < 1.29 is 0 Å². The van der Waals surface area contributed by atoms with Crippen molar-refractivity contribution in [2.75, 3.05) is 0 Å². The van der Waals surface area contributed by atoms with Gasteiger partial charge in [0.1, 0.15) is 0 Å². The SMILES string of the molecule is Clc1ccc2c(c1)N=CC2. The van der Waals surface area contributed by atoms with E-state index in [1.165, 1.54) is 5.56 Å². The second-order valence-corrected chi connectivity index (χ2v) is 2.73. The summed E-state index contributed by atoms with van der Waals surface area (Å²) >= 11 is 5.75. The fraction of sp³-hybridized carbons (Fsp3) is 0.125. The summed E-state index contributed by atoms with van der Waals surface area (Å²) in [6.07, 6.45) is 2.85. The first-order chi connectivity index (χ1) is 4.86. The van der Waals surface area contributed by atoms with Crippen LogP contribution in [-0.4, -0.2) is 6.21 Å². The van der Waals surface area contributed by atoms with E-state index in [0.29, 0.717) is 0 Å². The van der Waals surface area contributed by atoms with Gasteiger partial charge in [-0.1, -0.05) is 17.7 Å². The molecular formula is C8H6ClN. The molecule has 0 atom stereocenters. The molecule has 0 fully saturated rings. The van der Waals surface area contributed by atoms with Crippen molar-refractivity contribution in [3.05, 3.63) is 28.8 Å². The van der Waals surface area contributed by atoms with Crippen molar-refractivity contribution in [3.8, 4) is 0 Å². The van der Waals surface area contributed by atoms with Crippen LogP contribution in [0.4, 0.5) is 5.69 Å². The number of aliphatic imine (C=N–C) groups is 1. The van der Waals surface area contributed by atoms with Crippen LogP contribution in [0.25, 0.3) is 0 Å². The lowest BCUT2D eigenvalue weighted by Crippen LogP contribution is -1.76. The second-order valence-electron chi connectivity index (χ2n) is 2.29. The number of rotatable bonds is 0. The van der Waals surface area contributed by atoms with Crippen LogP contribution in [0.5, 0.6) is 0 Å². The summed E-state index contributed by atoms with van der Waals surface area (Å²) in [5.74, 6) is 0. The molecule has 10 heavy (non-hydrogen) atoms. The van der Waals surface area contributed by atoms with Gasteiger partial charge in [0.25, 0.3) is 0 Å². The molecule has 0 saturated carbocycles. The van der Waals surface area contributed by atoms with E-state index in [2.05, 4.69) is 4.99 Å². The molecule has 1 aromatic rings. The van der Waals surface area contributed by atoms with Crippen molar-refractivity contribution in [2.24, 2.45) is 4.99 Å². The van der Waals surface area contributed by atoms with Crippen LogP contribution in [0, 0.1) is 0 Å². The zero-order chi connectivity index (χ0) is 6.97. The maximum Gasteiger partial charge on any atom is 0.0676 e. The van der Waals surface area contributed by atoms with Gasteiger partial charge in [-0.15, -0.1) is 0 Å². The molecule has 50 valence electrons. The van der Waals surface area contributed by atoms with Crippen molar-refractivity contribution in [2.45, 2.75) is 6.42 Å². The summed E-state index contributed by atoms with van der Waals surface area (Å²) in [4.78, 5) is 4.15. The van der Waals surface area contributed by atoms with E-state index >= 15 is 0 Å². The fourth-order valence-corrected chi connectivity index (χ4v) is 1.24. The molecule has 1 heterocycles. The number of halogens is 1. The molecule has 0 radical (unpaired) electrons. The monoisotopic (exact) mass is 151 g/mol. The van der Waals surface area contributed by atoms with Crippen LogP contribution in [-0.2, 0) is 6.42 Å². The number of nitrogens with zero attached hydrogens (tertiary/aromatic N) is 1. The van der Waals surface area contributed by atoms with E-state index in [4.69, 9.17) is 11.6 Å². The van der Waals surface area contributed by atoms with Gasteiger partial charge in [-0.2, -0.15) is 0 Å². The third-order valence-electron chi connectivity index (χ3n) is 1.59. The first kappa shape index (κ1) is 5.93. The summed E-state index contributed by atoms with van der Waals surface area (Å²) < 4.78 is 0. The minimum absolute atomic E-state index is 0.762. The van der Waals surface area contributed by atoms with Crippen LogP contribution in [0.15, 0.2) is 23.2 Å². The average Bonchev–Trinajstić information content (AvgIpc) is 2.33.